The first kappa shape index (κ1) is 12.6. The number of benzene rings is 1. The molecule has 0 saturated carbocycles. The Balaban J connectivity index is 2.11. The Morgan fingerprint density at radius 2 is 1.53 bits per heavy atom. The van der Waals surface area contributed by atoms with E-state index in [9.17, 15) is 0 Å². The first-order chi connectivity index (χ1) is 7.82. The minimum atomic E-state index is -0.236. The summed E-state index contributed by atoms with van der Waals surface area (Å²) in [6.45, 7) is 10.5. The van der Waals surface area contributed by atoms with Gasteiger partial charge in [-0.1, -0.05) is 24.3 Å². The van der Waals surface area contributed by atoms with Crippen molar-refractivity contribution < 1.29 is 9.47 Å². The Hall–Kier alpha value is -0.860. The van der Waals surface area contributed by atoms with Crippen LogP contribution in [0.25, 0.3) is 0 Å². The minimum Gasteiger partial charge on any atom is -0.343 e. The molecule has 0 aromatic heterocycles. The van der Waals surface area contributed by atoms with Gasteiger partial charge in [-0.2, -0.15) is 0 Å². The van der Waals surface area contributed by atoms with Crippen LogP contribution in [0.1, 0.15) is 38.8 Å². The summed E-state index contributed by atoms with van der Waals surface area (Å²) in [7, 11) is 0. The van der Waals surface area contributed by atoms with Gasteiger partial charge < -0.3 is 9.47 Å². The zero-order valence-corrected chi connectivity index (χ0v) is 11.4. The number of hydrogen-bond donors (Lipinski definition) is 0. The molecule has 2 heteroatoms. The molecule has 1 heterocycles. The van der Waals surface area contributed by atoms with E-state index in [1.165, 1.54) is 11.1 Å². The van der Waals surface area contributed by atoms with Gasteiger partial charge >= 0.3 is 0 Å². The van der Waals surface area contributed by atoms with Gasteiger partial charge in [-0.15, -0.1) is 0 Å². The van der Waals surface area contributed by atoms with Gasteiger partial charge in [0.05, 0.1) is 11.2 Å². The lowest BCUT2D eigenvalue weighted by Gasteiger charge is -2.30. The van der Waals surface area contributed by atoms with Crippen molar-refractivity contribution in [3.05, 3.63) is 35.4 Å². The molecule has 0 atom stereocenters. The van der Waals surface area contributed by atoms with E-state index in [-0.39, 0.29) is 17.5 Å². The fraction of sp³-hybridized carbons (Fsp3) is 0.600. The molecule has 1 aromatic carbocycles. The standard InChI is InChI=1S/C15H22O2/c1-11-8-6-7-9-12(11)10-13-16-14(2,3)15(4,5)17-13/h6-9,13H,10H2,1-5H3. The molecule has 0 aliphatic carbocycles. The summed E-state index contributed by atoms with van der Waals surface area (Å²) in [6, 6.07) is 8.39. The zero-order valence-electron chi connectivity index (χ0n) is 11.4. The van der Waals surface area contributed by atoms with E-state index in [1.807, 2.05) is 0 Å². The van der Waals surface area contributed by atoms with Crippen LogP contribution < -0.4 is 0 Å². The fourth-order valence-corrected chi connectivity index (χ4v) is 2.07. The Labute approximate surface area is 104 Å². The number of hydrogen-bond acceptors (Lipinski definition) is 2. The molecule has 1 aromatic rings. The predicted octanol–water partition coefficient (Wildman–Crippen LogP) is 3.47. The molecule has 0 unspecified atom stereocenters. The summed E-state index contributed by atoms with van der Waals surface area (Å²) in [5.74, 6) is 0. The van der Waals surface area contributed by atoms with Crippen molar-refractivity contribution >= 4 is 0 Å². The van der Waals surface area contributed by atoms with Crippen molar-refractivity contribution in [2.45, 2.75) is 58.5 Å². The lowest BCUT2D eigenvalue weighted by Crippen LogP contribution is -2.41. The lowest BCUT2D eigenvalue weighted by atomic mass is 9.90. The van der Waals surface area contributed by atoms with Crippen LogP contribution in [-0.4, -0.2) is 17.5 Å². The third-order valence-corrected chi connectivity index (χ3v) is 3.95. The summed E-state index contributed by atoms with van der Waals surface area (Å²) in [4.78, 5) is 0. The average Bonchev–Trinajstić information content (AvgIpc) is 2.39. The van der Waals surface area contributed by atoms with Crippen LogP contribution in [0.15, 0.2) is 24.3 Å². The number of aryl methyl sites for hydroxylation is 1. The van der Waals surface area contributed by atoms with E-state index in [2.05, 4.69) is 58.9 Å². The van der Waals surface area contributed by atoms with Crippen molar-refractivity contribution in [2.24, 2.45) is 0 Å². The maximum atomic E-state index is 6.00. The SMILES string of the molecule is Cc1ccccc1CC1OC(C)(C)C(C)(C)O1. The van der Waals surface area contributed by atoms with Gasteiger partial charge in [0, 0.05) is 6.42 Å². The molecule has 2 rings (SSSR count). The summed E-state index contributed by atoms with van der Waals surface area (Å²) >= 11 is 0. The smallest absolute Gasteiger partial charge is 0.163 e. The molecule has 94 valence electrons. The minimum absolute atomic E-state index is 0.138. The van der Waals surface area contributed by atoms with Crippen LogP contribution in [0.4, 0.5) is 0 Å². The Kier molecular flexibility index (Phi) is 3.04. The first-order valence-electron chi connectivity index (χ1n) is 6.22. The van der Waals surface area contributed by atoms with Gasteiger partial charge in [0.25, 0.3) is 0 Å². The molecular weight excluding hydrogens is 212 g/mol. The first-order valence-corrected chi connectivity index (χ1v) is 6.22. The molecule has 1 aliphatic heterocycles. The highest BCUT2D eigenvalue weighted by atomic mass is 16.7. The van der Waals surface area contributed by atoms with Crippen molar-refractivity contribution in [3.63, 3.8) is 0 Å². The summed E-state index contributed by atoms with van der Waals surface area (Å²) in [5.41, 5.74) is 2.12. The summed E-state index contributed by atoms with van der Waals surface area (Å²) in [5, 5.41) is 0. The largest absolute Gasteiger partial charge is 0.343 e. The van der Waals surface area contributed by atoms with Crippen LogP contribution in [-0.2, 0) is 15.9 Å². The number of ether oxygens (including phenoxy) is 2. The molecule has 17 heavy (non-hydrogen) atoms. The van der Waals surface area contributed by atoms with Crippen molar-refractivity contribution in [1.82, 2.24) is 0 Å². The molecule has 1 saturated heterocycles. The van der Waals surface area contributed by atoms with E-state index < -0.39 is 0 Å². The van der Waals surface area contributed by atoms with Crippen LogP contribution in [0.2, 0.25) is 0 Å². The molecule has 0 radical (unpaired) electrons. The van der Waals surface area contributed by atoms with Gasteiger partial charge in [-0.3, -0.25) is 0 Å². The highest BCUT2D eigenvalue weighted by molar-refractivity contribution is 5.26. The highest BCUT2D eigenvalue weighted by Crippen LogP contribution is 2.39. The monoisotopic (exact) mass is 234 g/mol. The van der Waals surface area contributed by atoms with E-state index in [0.29, 0.717) is 0 Å². The maximum absolute atomic E-state index is 6.00. The van der Waals surface area contributed by atoms with Crippen LogP contribution in [0.5, 0.6) is 0 Å². The molecule has 0 N–H and O–H groups in total. The lowest BCUT2D eigenvalue weighted by molar-refractivity contribution is -0.0846. The van der Waals surface area contributed by atoms with Crippen LogP contribution in [0, 0.1) is 6.92 Å². The summed E-state index contributed by atoms with van der Waals surface area (Å²) < 4.78 is 12.0. The van der Waals surface area contributed by atoms with Crippen molar-refractivity contribution in [3.8, 4) is 0 Å². The Morgan fingerprint density at radius 3 is 2.06 bits per heavy atom. The van der Waals surface area contributed by atoms with Gasteiger partial charge in [0.1, 0.15) is 0 Å². The van der Waals surface area contributed by atoms with Gasteiger partial charge in [-0.25, -0.2) is 0 Å². The third-order valence-electron chi connectivity index (χ3n) is 3.95. The normalized spacial score (nSPS) is 22.9. The molecule has 1 fully saturated rings. The topological polar surface area (TPSA) is 18.5 Å². The zero-order chi connectivity index (χ0) is 12.7. The number of rotatable bonds is 2. The van der Waals surface area contributed by atoms with E-state index in [1.54, 1.807) is 0 Å². The van der Waals surface area contributed by atoms with Crippen LogP contribution in [0.3, 0.4) is 0 Å². The maximum Gasteiger partial charge on any atom is 0.163 e. The quantitative estimate of drug-likeness (QED) is 0.780. The Bertz CT molecular complexity index is 391. The predicted molar refractivity (Wildman–Crippen MR) is 69.0 cm³/mol. The molecular formula is C15H22O2. The second-order valence-electron chi connectivity index (χ2n) is 5.82. The van der Waals surface area contributed by atoms with E-state index in [0.717, 1.165) is 6.42 Å². The molecule has 0 spiro atoms. The van der Waals surface area contributed by atoms with Crippen molar-refractivity contribution in [1.29, 1.82) is 0 Å². The van der Waals surface area contributed by atoms with Crippen LogP contribution >= 0.6 is 0 Å². The second kappa shape index (κ2) is 4.11. The fourth-order valence-electron chi connectivity index (χ4n) is 2.07. The van der Waals surface area contributed by atoms with Gasteiger partial charge in [0.2, 0.25) is 0 Å². The second-order valence-corrected chi connectivity index (χ2v) is 5.82. The van der Waals surface area contributed by atoms with E-state index in [4.69, 9.17) is 9.47 Å². The molecule has 1 aliphatic rings. The Morgan fingerprint density at radius 1 is 1.00 bits per heavy atom. The highest BCUT2D eigenvalue weighted by Gasteiger charge is 2.48. The summed E-state index contributed by atoms with van der Waals surface area (Å²) in [6.07, 6.45) is 0.681. The molecule has 0 amide bonds. The average molecular weight is 234 g/mol. The molecule has 0 bridgehead atoms. The van der Waals surface area contributed by atoms with Gasteiger partial charge in [0.15, 0.2) is 6.29 Å². The molecule has 2 nitrogen and oxygen atoms in total. The van der Waals surface area contributed by atoms with Gasteiger partial charge in [-0.05, 0) is 45.7 Å². The van der Waals surface area contributed by atoms with E-state index >= 15 is 0 Å². The third kappa shape index (κ3) is 2.38. The van der Waals surface area contributed by atoms with Crippen molar-refractivity contribution in [2.75, 3.05) is 0 Å².